The van der Waals surface area contributed by atoms with Crippen LogP contribution in [-0.4, -0.2) is 16.9 Å². The first-order valence-corrected chi connectivity index (χ1v) is 5.48. The fourth-order valence-corrected chi connectivity index (χ4v) is 1.63. The van der Waals surface area contributed by atoms with Crippen LogP contribution in [0.5, 0.6) is 0 Å². The molecule has 0 unspecified atom stereocenters. The lowest BCUT2D eigenvalue weighted by molar-refractivity contribution is 0.277. The summed E-state index contributed by atoms with van der Waals surface area (Å²) in [4.78, 5) is 0. The van der Waals surface area contributed by atoms with Crippen LogP contribution >= 0.6 is 23.2 Å². The summed E-state index contributed by atoms with van der Waals surface area (Å²) >= 11 is 11.7. The van der Waals surface area contributed by atoms with Gasteiger partial charge >= 0.3 is 0 Å². The van der Waals surface area contributed by atoms with E-state index in [1.807, 2.05) is 6.07 Å². The lowest BCUT2D eigenvalue weighted by atomic mass is 10.1. The molecule has 0 aliphatic rings. The van der Waals surface area contributed by atoms with Crippen LogP contribution in [0, 0.1) is 0 Å². The van der Waals surface area contributed by atoms with E-state index in [1.54, 1.807) is 18.2 Å². The smallest absolute Gasteiger partial charge is 0.139 e. The van der Waals surface area contributed by atoms with Crippen molar-refractivity contribution in [3.8, 4) is 11.3 Å². The second-order valence-electron chi connectivity index (χ2n) is 3.28. The van der Waals surface area contributed by atoms with Gasteiger partial charge in [-0.2, -0.15) is 0 Å². The minimum atomic E-state index is 0.0377. The summed E-state index contributed by atoms with van der Waals surface area (Å²) in [6, 6.07) is 7.02. The molecule has 16 heavy (non-hydrogen) atoms. The van der Waals surface area contributed by atoms with Crippen molar-refractivity contribution >= 4 is 23.2 Å². The second-order valence-corrected chi connectivity index (χ2v) is 4.10. The molecule has 84 valence electrons. The second kappa shape index (κ2) is 4.87. The quantitative estimate of drug-likeness (QED) is 0.919. The molecule has 5 heteroatoms. The number of hydrogen-bond donors (Lipinski definition) is 1. The highest BCUT2D eigenvalue weighted by Crippen LogP contribution is 2.28. The van der Waals surface area contributed by atoms with E-state index in [0.29, 0.717) is 27.9 Å². The number of aliphatic hydroxyl groups is 1. The molecular weight excluding hydrogens is 249 g/mol. The predicted molar refractivity (Wildman–Crippen MR) is 62.7 cm³/mol. The largest absolute Gasteiger partial charge is 0.396 e. The lowest BCUT2D eigenvalue weighted by Gasteiger charge is -1.98. The number of rotatable bonds is 3. The summed E-state index contributed by atoms with van der Waals surface area (Å²) in [5.74, 6) is 0.642. The van der Waals surface area contributed by atoms with E-state index in [9.17, 15) is 0 Å². The summed E-state index contributed by atoms with van der Waals surface area (Å²) in [6.07, 6.45) is 0.453. The molecule has 0 saturated carbocycles. The van der Waals surface area contributed by atoms with Gasteiger partial charge in [-0.15, -0.1) is 0 Å². The monoisotopic (exact) mass is 257 g/mol. The first-order chi connectivity index (χ1) is 7.70. The minimum Gasteiger partial charge on any atom is -0.396 e. The topological polar surface area (TPSA) is 46.3 Å². The highest BCUT2D eigenvalue weighted by atomic mass is 35.5. The highest BCUT2D eigenvalue weighted by Gasteiger charge is 2.07. The Balaban J connectivity index is 2.31. The van der Waals surface area contributed by atoms with E-state index in [-0.39, 0.29) is 6.61 Å². The Kier molecular flexibility index (Phi) is 3.49. The van der Waals surface area contributed by atoms with Crippen molar-refractivity contribution in [2.24, 2.45) is 0 Å². The summed E-state index contributed by atoms with van der Waals surface area (Å²) in [5, 5.41) is 13.6. The van der Waals surface area contributed by atoms with Gasteiger partial charge in [-0.05, 0) is 12.1 Å². The van der Waals surface area contributed by atoms with Gasteiger partial charge in [0.2, 0.25) is 0 Å². The first-order valence-electron chi connectivity index (χ1n) is 4.72. The molecule has 1 N–H and O–H groups in total. The van der Waals surface area contributed by atoms with Crippen LogP contribution in [0.3, 0.4) is 0 Å². The van der Waals surface area contributed by atoms with E-state index in [4.69, 9.17) is 32.8 Å². The maximum atomic E-state index is 8.75. The van der Waals surface area contributed by atoms with Crippen molar-refractivity contribution in [2.45, 2.75) is 6.42 Å². The van der Waals surface area contributed by atoms with Crippen LogP contribution in [0.25, 0.3) is 11.3 Å². The van der Waals surface area contributed by atoms with Crippen LogP contribution in [-0.2, 0) is 6.42 Å². The van der Waals surface area contributed by atoms with Gasteiger partial charge < -0.3 is 9.63 Å². The number of nitrogens with zero attached hydrogens (tertiary/aromatic N) is 1. The number of hydrogen-bond acceptors (Lipinski definition) is 3. The average Bonchev–Trinajstić information content (AvgIpc) is 2.71. The molecule has 0 aliphatic heterocycles. The van der Waals surface area contributed by atoms with Gasteiger partial charge in [-0.3, -0.25) is 0 Å². The van der Waals surface area contributed by atoms with Crippen molar-refractivity contribution in [1.82, 2.24) is 5.16 Å². The normalized spacial score (nSPS) is 10.7. The third-order valence-corrected chi connectivity index (χ3v) is 2.87. The van der Waals surface area contributed by atoms with E-state index in [2.05, 4.69) is 5.16 Å². The van der Waals surface area contributed by atoms with Crippen LogP contribution in [0.15, 0.2) is 28.8 Å². The van der Waals surface area contributed by atoms with Crippen LogP contribution in [0.4, 0.5) is 0 Å². The molecule has 2 rings (SSSR count). The summed E-state index contributed by atoms with van der Waals surface area (Å²) in [5.41, 5.74) is 1.52. The van der Waals surface area contributed by atoms with E-state index < -0.39 is 0 Å². The number of aliphatic hydroxyl groups excluding tert-OH is 1. The third-order valence-electron chi connectivity index (χ3n) is 2.13. The molecule has 2 aromatic rings. The van der Waals surface area contributed by atoms with Gasteiger partial charge in [-0.25, -0.2) is 0 Å². The molecule has 0 spiro atoms. The summed E-state index contributed by atoms with van der Waals surface area (Å²) < 4.78 is 5.04. The Labute approximate surface area is 103 Å². The molecule has 0 amide bonds. The lowest BCUT2D eigenvalue weighted by Crippen LogP contribution is -1.86. The average molecular weight is 258 g/mol. The fraction of sp³-hybridized carbons (Fsp3) is 0.182. The molecule has 0 atom stereocenters. The number of benzene rings is 1. The minimum absolute atomic E-state index is 0.0377. The third kappa shape index (κ3) is 2.38. The Morgan fingerprint density at radius 2 is 2.00 bits per heavy atom. The van der Waals surface area contributed by atoms with E-state index in [0.717, 1.165) is 5.56 Å². The van der Waals surface area contributed by atoms with Gasteiger partial charge in [0.25, 0.3) is 0 Å². The summed E-state index contributed by atoms with van der Waals surface area (Å²) in [6.45, 7) is 0.0377. The molecule has 0 bridgehead atoms. The molecule has 0 radical (unpaired) electrons. The van der Waals surface area contributed by atoms with Crippen molar-refractivity contribution in [3.63, 3.8) is 0 Å². The molecule has 0 saturated heterocycles. The maximum absolute atomic E-state index is 8.75. The number of halogens is 2. The molecule has 1 aromatic carbocycles. The maximum Gasteiger partial charge on any atom is 0.139 e. The van der Waals surface area contributed by atoms with Gasteiger partial charge in [0.1, 0.15) is 11.5 Å². The zero-order valence-electron chi connectivity index (χ0n) is 8.28. The molecule has 0 fully saturated rings. The molecule has 0 aliphatic carbocycles. The van der Waals surface area contributed by atoms with Crippen LogP contribution in [0.2, 0.25) is 10.0 Å². The Morgan fingerprint density at radius 1 is 1.19 bits per heavy atom. The van der Waals surface area contributed by atoms with Crippen LogP contribution < -0.4 is 0 Å². The Hall–Kier alpha value is -1.03. The molecule has 1 heterocycles. The van der Waals surface area contributed by atoms with Crippen LogP contribution in [0.1, 0.15) is 5.76 Å². The van der Waals surface area contributed by atoms with Gasteiger partial charge in [-0.1, -0.05) is 34.4 Å². The zero-order chi connectivity index (χ0) is 11.5. The number of aromatic nitrogens is 1. The van der Waals surface area contributed by atoms with E-state index >= 15 is 0 Å². The Morgan fingerprint density at radius 3 is 2.69 bits per heavy atom. The highest BCUT2D eigenvalue weighted by molar-refractivity contribution is 6.42. The van der Waals surface area contributed by atoms with Crippen molar-refractivity contribution in [3.05, 3.63) is 40.1 Å². The van der Waals surface area contributed by atoms with Gasteiger partial charge in [0, 0.05) is 18.1 Å². The summed E-state index contributed by atoms with van der Waals surface area (Å²) in [7, 11) is 0. The first kappa shape index (κ1) is 11.5. The fourth-order valence-electron chi connectivity index (χ4n) is 1.33. The van der Waals surface area contributed by atoms with Crippen molar-refractivity contribution in [2.75, 3.05) is 6.61 Å². The molecule has 1 aromatic heterocycles. The molecular formula is C11H9Cl2NO2. The van der Waals surface area contributed by atoms with Crippen molar-refractivity contribution < 1.29 is 9.63 Å². The van der Waals surface area contributed by atoms with Gasteiger partial charge in [0.15, 0.2) is 0 Å². The standard InChI is InChI=1S/C11H9Cl2NO2/c12-9-2-1-7(5-10(9)13)11-6-8(3-4-15)16-14-11/h1-2,5-6,15H,3-4H2. The SMILES string of the molecule is OCCc1cc(-c2ccc(Cl)c(Cl)c2)no1. The predicted octanol–water partition coefficient (Wildman–Crippen LogP) is 3.18. The Bertz CT molecular complexity index is 496. The zero-order valence-corrected chi connectivity index (χ0v) is 9.79. The molecule has 3 nitrogen and oxygen atoms in total. The van der Waals surface area contributed by atoms with E-state index in [1.165, 1.54) is 0 Å². The van der Waals surface area contributed by atoms with Gasteiger partial charge in [0.05, 0.1) is 16.7 Å². The van der Waals surface area contributed by atoms with Crippen molar-refractivity contribution in [1.29, 1.82) is 0 Å².